The van der Waals surface area contributed by atoms with Crippen molar-refractivity contribution >= 4 is 35.0 Å². The van der Waals surface area contributed by atoms with Crippen LogP contribution in [-0.2, 0) is 11.2 Å². The van der Waals surface area contributed by atoms with Crippen LogP contribution in [0.4, 0.5) is 4.79 Å². The molecule has 2 N–H and O–H groups in total. The first kappa shape index (κ1) is 17.4. The van der Waals surface area contributed by atoms with E-state index >= 15 is 0 Å². The third-order valence-corrected chi connectivity index (χ3v) is 4.63. The average molecular weight is 350 g/mol. The molecule has 0 unspecified atom stereocenters. The predicted octanol–water partition coefficient (Wildman–Crippen LogP) is 2.32. The van der Waals surface area contributed by atoms with Gasteiger partial charge in [0.25, 0.3) is 0 Å². The van der Waals surface area contributed by atoms with Gasteiger partial charge in [-0.05, 0) is 37.8 Å². The number of aromatic nitrogens is 2. The Morgan fingerprint density at radius 3 is 2.83 bits per heavy atom. The fraction of sp³-hybridized carbons (Fsp3) is 0.333. The van der Waals surface area contributed by atoms with Crippen molar-refractivity contribution in [2.75, 3.05) is 12.3 Å². The zero-order valence-corrected chi connectivity index (χ0v) is 14.6. The molecule has 3 amide bonds. The van der Waals surface area contributed by atoms with Gasteiger partial charge in [0, 0.05) is 17.1 Å². The number of thiophene rings is 1. The summed E-state index contributed by atoms with van der Waals surface area (Å²) in [6.45, 7) is 4.18. The van der Waals surface area contributed by atoms with Crippen molar-refractivity contribution in [2.24, 2.45) is 0 Å². The molecule has 23 heavy (non-hydrogen) atoms. The standard InChI is InChI=1S/C15H18N4O2S2/c1-10-8-14(18-11(2)17-10)23-9-13(20)19-15(21)16-6-5-12-4-3-7-22-12/h3-4,7-8H,5-6,9H2,1-2H3,(H2,16,19,20,21). The maximum Gasteiger partial charge on any atom is 0.321 e. The average Bonchev–Trinajstić information content (AvgIpc) is 2.97. The van der Waals surface area contributed by atoms with Gasteiger partial charge in [0.2, 0.25) is 5.91 Å². The number of amides is 3. The molecule has 122 valence electrons. The molecule has 0 aromatic carbocycles. The lowest BCUT2D eigenvalue weighted by molar-refractivity contribution is -0.117. The Morgan fingerprint density at radius 1 is 1.30 bits per heavy atom. The van der Waals surface area contributed by atoms with Crippen LogP contribution in [0.25, 0.3) is 0 Å². The van der Waals surface area contributed by atoms with E-state index < -0.39 is 6.03 Å². The molecule has 2 aromatic heterocycles. The van der Waals surface area contributed by atoms with E-state index in [1.54, 1.807) is 18.3 Å². The number of rotatable bonds is 6. The highest BCUT2D eigenvalue weighted by Gasteiger charge is 2.09. The molecule has 0 saturated carbocycles. The minimum atomic E-state index is -0.470. The van der Waals surface area contributed by atoms with Crippen LogP contribution in [0.1, 0.15) is 16.4 Å². The maximum atomic E-state index is 11.8. The van der Waals surface area contributed by atoms with Crippen LogP contribution in [0.2, 0.25) is 0 Å². The molecule has 0 bridgehead atoms. The minimum absolute atomic E-state index is 0.133. The highest BCUT2D eigenvalue weighted by atomic mass is 32.2. The number of carbonyl (C=O) groups excluding carboxylic acids is 2. The van der Waals surface area contributed by atoms with E-state index in [2.05, 4.69) is 20.6 Å². The maximum absolute atomic E-state index is 11.8. The minimum Gasteiger partial charge on any atom is -0.337 e. The Kier molecular flexibility index (Phi) is 6.54. The Bertz CT molecular complexity index is 654. The number of urea groups is 1. The van der Waals surface area contributed by atoms with Gasteiger partial charge in [-0.2, -0.15) is 0 Å². The van der Waals surface area contributed by atoms with Crippen molar-refractivity contribution in [1.82, 2.24) is 20.6 Å². The monoisotopic (exact) mass is 350 g/mol. The zero-order valence-electron chi connectivity index (χ0n) is 13.0. The third kappa shape index (κ3) is 6.37. The van der Waals surface area contributed by atoms with E-state index in [-0.39, 0.29) is 11.7 Å². The summed E-state index contributed by atoms with van der Waals surface area (Å²) < 4.78 is 0. The van der Waals surface area contributed by atoms with Gasteiger partial charge in [0.1, 0.15) is 10.9 Å². The number of thioether (sulfide) groups is 1. The lowest BCUT2D eigenvalue weighted by Gasteiger charge is -2.06. The molecule has 6 nitrogen and oxygen atoms in total. The second-order valence-electron chi connectivity index (χ2n) is 4.82. The molecule has 0 radical (unpaired) electrons. The first-order valence-electron chi connectivity index (χ1n) is 7.08. The molecule has 0 aliphatic heterocycles. The van der Waals surface area contributed by atoms with E-state index in [1.165, 1.54) is 16.6 Å². The molecule has 0 fully saturated rings. The summed E-state index contributed by atoms with van der Waals surface area (Å²) in [6.07, 6.45) is 0.757. The van der Waals surface area contributed by atoms with Crippen molar-refractivity contribution < 1.29 is 9.59 Å². The van der Waals surface area contributed by atoms with E-state index in [9.17, 15) is 9.59 Å². The van der Waals surface area contributed by atoms with Crippen LogP contribution >= 0.6 is 23.1 Å². The summed E-state index contributed by atoms with van der Waals surface area (Å²) in [6, 6.07) is 5.32. The molecule has 2 heterocycles. The van der Waals surface area contributed by atoms with Crippen molar-refractivity contribution in [3.05, 3.63) is 40.0 Å². The van der Waals surface area contributed by atoms with Gasteiger partial charge in [-0.3, -0.25) is 10.1 Å². The summed E-state index contributed by atoms with van der Waals surface area (Å²) in [5.74, 6) is 0.450. The van der Waals surface area contributed by atoms with Crippen molar-refractivity contribution in [3.63, 3.8) is 0 Å². The summed E-state index contributed by atoms with van der Waals surface area (Å²) in [4.78, 5) is 33.0. The number of nitrogens with one attached hydrogen (secondary N) is 2. The summed E-state index contributed by atoms with van der Waals surface area (Å²) in [7, 11) is 0. The Hall–Kier alpha value is -1.93. The lowest BCUT2D eigenvalue weighted by atomic mass is 10.3. The Labute approximate surface area is 143 Å². The Balaban J connectivity index is 1.68. The van der Waals surface area contributed by atoms with E-state index in [0.717, 1.165) is 17.1 Å². The number of aryl methyl sites for hydroxylation is 2. The fourth-order valence-electron chi connectivity index (χ4n) is 1.86. The molecule has 0 saturated heterocycles. The van der Waals surface area contributed by atoms with Gasteiger partial charge >= 0.3 is 6.03 Å². The second-order valence-corrected chi connectivity index (χ2v) is 6.84. The van der Waals surface area contributed by atoms with Crippen LogP contribution < -0.4 is 10.6 Å². The largest absolute Gasteiger partial charge is 0.337 e. The van der Waals surface area contributed by atoms with Crippen molar-refractivity contribution in [3.8, 4) is 0 Å². The normalized spacial score (nSPS) is 10.3. The van der Waals surface area contributed by atoms with Crippen LogP contribution in [0.15, 0.2) is 28.6 Å². The third-order valence-electron chi connectivity index (χ3n) is 2.78. The van der Waals surface area contributed by atoms with Crippen molar-refractivity contribution in [1.29, 1.82) is 0 Å². The smallest absolute Gasteiger partial charge is 0.321 e. The van der Waals surface area contributed by atoms with Gasteiger partial charge in [-0.25, -0.2) is 14.8 Å². The van der Waals surface area contributed by atoms with Crippen LogP contribution in [0, 0.1) is 13.8 Å². The lowest BCUT2D eigenvalue weighted by Crippen LogP contribution is -2.41. The van der Waals surface area contributed by atoms with Gasteiger partial charge in [0.15, 0.2) is 0 Å². The van der Waals surface area contributed by atoms with E-state index in [0.29, 0.717) is 12.4 Å². The number of hydrogen-bond acceptors (Lipinski definition) is 6. The van der Waals surface area contributed by atoms with Crippen LogP contribution in [0.5, 0.6) is 0 Å². The number of carbonyl (C=O) groups is 2. The van der Waals surface area contributed by atoms with E-state index in [1.807, 2.05) is 30.5 Å². The van der Waals surface area contributed by atoms with E-state index in [4.69, 9.17) is 0 Å². The SMILES string of the molecule is Cc1cc(SCC(=O)NC(=O)NCCc2cccs2)nc(C)n1. The highest BCUT2D eigenvalue weighted by molar-refractivity contribution is 7.99. The van der Waals surface area contributed by atoms with Gasteiger partial charge < -0.3 is 5.32 Å². The quantitative estimate of drug-likeness (QED) is 0.617. The molecule has 0 spiro atoms. The molecule has 8 heteroatoms. The summed E-state index contributed by atoms with van der Waals surface area (Å²) >= 11 is 2.92. The molecule has 0 aliphatic carbocycles. The molecule has 2 rings (SSSR count). The first-order chi connectivity index (χ1) is 11.0. The van der Waals surface area contributed by atoms with Gasteiger partial charge in [-0.1, -0.05) is 17.8 Å². The number of imide groups is 1. The van der Waals surface area contributed by atoms with Gasteiger partial charge in [-0.15, -0.1) is 11.3 Å². The van der Waals surface area contributed by atoms with Crippen LogP contribution in [0.3, 0.4) is 0 Å². The topological polar surface area (TPSA) is 84.0 Å². The second kappa shape index (κ2) is 8.64. The van der Waals surface area contributed by atoms with Crippen molar-refractivity contribution in [2.45, 2.75) is 25.3 Å². The number of hydrogen-bond donors (Lipinski definition) is 2. The molecule has 2 aromatic rings. The molecular weight excluding hydrogens is 332 g/mol. The molecule has 0 aliphatic rings. The zero-order chi connectivity index (χ0) is 16.7. The predicted molar refractivity (Wildman–Crippen MR) is 91.8 cm³/mol. The summed E-state index contributed by atoms with van der Waals surface area (Å²) in [5.41, 5.74) is 0.853. The number of nitrogens with zero attached hydrogens (tertiary/aromatic N) is 2. The highest BCUT2D eigenvalue weighted by Crippen LogP contribution is 2.15. The molecular formula is C15H18N4O2S2. The fourth-order valence-corrected chi connectivity index (χ4v) is 3.37. The first-order valence-corrected chi connectivity index (χ1v) is 8.94. The van der Waals surface area contributed by atoms with Crippen LogP contribution in [-0.4, -0.2) is 34.2 Å². The Morgan fingerprint density at radius 2 is 2.13 bits per heavy atom. The van der Waals surface area contributed by atoms with Gasteiger partial charge in [0.05, 0.1) is 5.75 Å². The molecule has 0 atom stereocenters. The summed E-state index contributed by atoms with van der Waals surface area (Å²) in [5, 5.41) is 7.70.